The van der Waals surface area contributed by atoms with E-state index in [1.54, 1.807) is 4.90 Å². The maximum Gasteiger partial charge on any atom is 0.246 e. The Hall–Kier alpha value is -2.81. The average Bonchev–Trinajstić information content (AvgIpc) is 3.56. The lowest BCUT2D eigenvalue weighted by Gasteiger charge is -2.53. The van der Waals surface area contributed by atoms with Gasteiger partial charge in [0.2, 0.25) is 5.91 Å². The number of fused-ring (bicyclic) bond motifs is 2. The van der Waals surface area contributed by atoms with Gasteiger partial charge in [0.05, 0.1) is 37.3 Å². The minimum Gasteiger partial charge on any atom is -0.479 e. The fraction of sp³-hybridized carbons (Fsp3) is 0.645. The number of likely N-dealkylation sites (N-methyl/N-ethyl adjacent to an activating group) is 1. The molecule has 6 rings (SSSR count). The SMILES string of the molecule is C=CC(=O)N1CCN(C2NC(OCC3CCCN3C)NC3C(=O)[C@]4(CCC32)Cc2ccc(C)cc2O4)CC1CC#N. The molecule has 0 bridgehead atoms. The quantitative estimate of drug-likeness (QED) is 0.499. The number of likely N-dealkylation sites (tertiary alicyclic amines) is 1. The average molecular weight is 563 g/mol. The summed E-state index contributed by atoms with van der Waals surface area (Å²) in [5.74, 6) is 0.767. The summed E-state index contributed by atoms with van der Waals surface area (Å²) in [6, 6.07) is 8.14. The number of benzene rings is 1. The fourth-order valence-electron chi connectivity index (χ4n) is 7.62. The van der Waals surface area contributed by atoms with Gasteiger partial charge in [-0.3, -0.25) is 25.1 Å². The van der Waals surface area contributed by atoms with Crippen molar-refractivity contribution in [1.29, 1.82) is 5.26 Å². The topological polar surface area (TPSA) is 110 Å². The number of carbonyl (C=O) groups is 2. The van der Waals surface area contributed by atoms with E-state index in [9.17, 15) is 14.9 Å². The van der Waals surface area contributed by atoms with Gasteiger partial charge in [-0.15, -0.1) is 0 Å². The Morgan fingerprint density at radius 2 is 2.12 bits per heavy atom. The number of piperazine rings is 1. The molecular weight excluding hydrogens is 520 g/mol. The van der Waals surface area contributed by atoms with Gasteiger partial charge in [-0.25, -0.2) is 0 Å². The van der Waals surface area contributed by atoms with Crippen molar-refractivity contribution in [1.82, 2.24) is 25.3 Å². The van der Waals surface area contributed by atoms with Gasteiger partial charge < -0.3 is 19.3 Å². The van der Waals surface area contributed by atoms with Crippen molar-refractivity contribution in [2.24, 2.45) is 5.92 Å². The van der Waals surface area contributed by atoms with E-state index in [0.29, 0.717) is 45.1 Å². The number of aryl methyl sites for hydroxylation is 1. The third-order valence-corrected chi connectivity index (χ3v) is 9.92. The molecule has 1 saturated carbocycles. The number of nitrogens with one attached hydrogen (secondary N) is 2. The highest BCUT2D eigenvalue weighted by Gasteiger charge is 2.57. The molecule has 6 unspecified atom stereocenters. The number of rotatable bonds is 6. The van der Waals surface area contributed by atoms with Crippen LogP contribution in [-0.4, -0.2) is 102 Å². The van der Waals surface area contributed by atoms with Gasteiger partial charge in [-0.2, -0.15) is 5.26 Å². The van der Waals surface area contributed by atoms with Crippen molar-refractivity contribution in [3.05, 3.63) is 42.0 Å². The minimum atomic E-state index is -0.860. The van der Waals surface area contributed by atoms with E-state index in [1.165, 1.54) is 6.08 Å². The van der Waals surface area contributed by atoms with Crippen molar-refractivity contribution < 1.29 is 19.1 Å². The van der Waals surface area contributed by atoms with Crippen LogP contribution in [0.15, 0.2) is 30.9 Å². The second-order valence-corrected chi connectivity index (χ2v) is 12.4. The zero-order valence-corrected chi connectivity index (χ0v) is 24.2. The first-order valence-electron chi connectivity index (χ1n) is 15.0. The monoisotopic (exact) mass is 562 g/mol. The molecule has 41 heavy (non-hydrogen) atoms. The van der Waals surface area contributed by atoms with E-state index in [2.05, 4.69) is 52.3 Å². The van der Waals surface area contributed by atoms with Crippen LogP contribution in [0.5, 0.6) is 5.75 Å². The van der Waals surface area contributed by atoms with Crippen LogP contribution in [0, 0.1) is 24.2 Å². The van der Waals surface area contributed by atoms with Crippen LogP contribution in [0.2, 0.25) is 0 Å². The van der Waals surface area contributed by atoms with Gasteiger partial charge in [-0.1, -0.05) is 18.7 Å². The summed E-state index contributed by atoms with van der Waals surface area (Å²) >= 11 is 0. The van der Waals surface area contributed by atoms with Crippen molar-refractivity contribution >= 4 is 11.7 Å². The van der Waals surface area contributed by atoms with E-state index in [-0.39, 0.29) is 36.2 Å². The lowest BCUT2D eigenvalue weighted by atomic mass is 9.70. The van der Waals surface area contributed by atoms with Crippen LogP contribution in [0.1, 0.15) is 43.2 Å². The molecule has 4 aliphatic heterocycles. The highest BCUT2D eigenvalue weighted by molar-refractivity contribution is 5.95. The number of hydrogen-bond acceptors (Lipinski definition) is 9. The Balaban J connectivity index is 1.24. The number of amides is 1. The first kappa shape index (κ1) is 28.3. The molecule has 7 atom stereocenters. The molecule has 4 fully saturated rings. The van der Waals surface area contributed by atoms with Gasteiger partial charge in [0.1, 0.15) is 5.75 Å². The Morgan fingerprint density at radius 1 is 1.27 bits per heavy atom. The summed E-state index contributed by atoms with van der Waals surface area (Å²) in [5.41, 5.74) is 1.35. The molecule has 1 amide bonds. The Morgan fingerprint density at radius 3 is 2.88 bits per heavy atom. The number of carbonyl (C=O) groups excluding carboxylic acids is 2. The van der Waals surface area contributed by atoms with Crippen molar-refractivity contribution in [3.8, 4) is 11.8 Å². The van der Waals surface area contributed by atoms with E-state index in [4.69, 9.17) is 9.47 Å². The minimum absolute atomic E-state index is 0.000527. The summed E-state index contributed by atoms with van der Waals surface area (Å²) in [5, 5.41) is 16.7. The normalized spacial score (nSPS) is 35.5. The maximum absolute atomic E-state index is 14.4. The zero-order valence-electron chi connectivity index (χ0n) is 24.2. The fourth-order valence-corrected chi connectivity index (χ4v) is 7.62. The second kappa shape index (κ2) is 11.5. The molecule has 0 aromatic heterocycles. The standard InChI is InChI=1S/C31H42N6O4/c1-4-26(38)37-15-14-36(18-22(37)10-12-32)29-24-9-11-31(17-21-8-7-20(2)16-25(21)41-31)28(39)27(24)33-30(34-29)40-19-23-6-5-13-35(23)3/h4,7-8,16,22-24,27,29-30,33-34H,1,5-6,9-11,13-15,17-19H2,2-3H3/t22?,23?,24?,27?,29?,30?,31-/m0/s1. The highest BCUT2D eigenvalue weighted by atomic mass is 16.5. The van der Waals surface area contributed by atoms with E-state index < -0.39 is 18.0 Å². The first-order valence-corrected chi connectivity index (χ1v) is 15.0. The summed E-state index contributed by atoms with van der Waals surface area (Å²) in [6.07, 6.45) is 5.24. The molecule has 1 aliphatic carbocycles. The highest BCUT2D eigenvalue weighted by Crippen LogP contribution is 2.45. The van der Waals surface area contributed by atoms with Crippen LogP contribution in [0.4, 0.5) is 0 Å². The molecule has 1 spiro atoms. The van der Waals surface area contributed by atoms with Gasteiger partial charge in [0, 0.05) is 38.0 Å². The summed E-state index contributed by atoms with van der Waals surface area (Å²) < 4.78 is 12.9. The molecule has 220 valence electrons. The Labute approximate surface area is 242 Å². The predicted molar refractivity (Wildman–Crippen MR) is 153 cm³/mol. The summed E-state index contributed by atoms with van der Waals surface area (Å²) in [4.78, 5) is 33.3. The number of ether oxygens (including phenoxy) is 2. The predicted octanol–water partition coefficient (Wildman–Crippen LogP) is 1.54. The number of ketones is 1. The van der Waals surface area contributed by atoms with Gasteiger partial charge in [0.15, 0.2) is 17.7 Å². The summed E-state index contributed by atoms with van der Waals surface area (Å²) in [6.45, 7) is 9.03. The Bertz CT molecular complexity index is 1230. The Kier molecular flexibility index (Phi) is 7.92. The van der Waals surface area contributed by atoms with Crippen LogP contribution in [-0.2, 0) is 20.7 Å². The third-order valence-electron chi connectivity index (χ3n) is 9.92. The maximum atomic E-state index is 14.4. The lowest BCUT2D eigenvalue weighted by molar-refractivity contribution is -0.157. The number of nitrogens with zero attached hydrogens (tertiary/aromatic N) is 4. The van der Waals surface area contributed by atoms with Crippen LogP contribution in [0.3, 0.4) is 0 Å². The molecule has 1 aromatic carbocycles. The number of nitriles is 1. The van der Waals surface area contributed by atoms with Crippen LogP contribution in [0.25, 0.3) is 0 Å². The number of hydrogen-bond donors (Lipinski definition) is 2. The molecule has 0 radical (unpaired) electrons. The van der Waals surface area contributed by atoms with E-state index >= 15 is 0 Å². The number of Topliss-reactive ketones (excluding diaryl/α,β-unsaturated/α-hetero) is 1. The molecule has 3 saturated heterocycles. The van der Waals surface area contributed by atoms with Crippen molar-refractivity contribution in [2.45, 2.75) is 81.7 Å². The van der Waals surface area contributed by atoms with Crippen LogP contribution >= 0.6 is 0 Å². The largest absolute Gasteiger partial charge is 0.479 e. The molecule has 4 heterocycles. The molecular formula is C31H42N6O4. The molecule has 5 aliphatic rings. The smallest absolute Gasteiger partial charge is 0.246 e. The second-order valence-electron chi connectivity index (χ2n) is 12.4. The van der Waals surface area contributed by atoms with E-state index in [1.807, 2.05) is 13.0 Å². The molecule has 10 heteroatoms. The van der Waals surface area contributed by atoms with Crippen molar-refractivity contribution in [3.63, 3.8) is 0 Å². The first-order chi connectivity index (χ1) is 19.8. The van der Waals surface area contributed by atoms with Gasteiger partial charge in [0.25, 0.3) is 0 Å². The molecule has 1 aromatic rings. The lowest BCUT2D eigenvalue weighted by Crippen LogP contribution is -2.75. The molecule has 2 N–H and O–H groups in total. The zero-order chi connectivity index (χ0) is 28.7. The third kappa shape index (κ3) is 5.30. The summed E-state index contributed by atoms with van der Waals surface area (Å²) in [7, 11) is 2.13. The van der Waals surface area contributed by atoms with Gasteiger partial charge in [-0.05, 0) is 69.5 Å². The van der Waals surface area contributed by atoms with Gasteiger partial charge >= 0.3 is 0 Å². The van der Waals surface area contributed by atoms with Crippen molar-refractivity contribution in [2.75, 3.05) is 39.8 Å². The van der Waals surface area contributed by atoms with Crippen LogP contribution < -0.4 is 15.4 Å². The van der Waals surface area contributed by atoms with E-state index in [0.717, 1.165) is 42.7 Å². The molecule has 10 nitrogen and oxygen atoms in total.